The van der Waals surface area contributed by atoms with Crippen LogP contribution in [0.3, 0.4) is 0 Å². The molecule has 0 radical (unpaired) electrons. The number of benzene rings is 1. The van der Waals surface area contributed by atoms with E-state index in [2.05, 4.69) is 15.4 Å². The zero-order valence-corrected chi connectivity index (χ0v) is 13.3. The van der Waals surface area contributed by atoms with Gasteiger partial charge in [-0.25, -0.2) is 9.50 Å². The lowest BCUT2D eigenvalue weighted by Gasteiger charge is -2.07. The first-order valence-electron chi connectivity index (χ1n) is 6.85. The molecule has 0 atom stereocenters. The molecule has 0 fully saturated rings. The summed E-state index contributed by atoms with van der Waals surface area (Å²) in [7, 11) is 0. The summed E-state index contributed by atoms with van der Waals surface area (Å²) in [6.07, 6.45) is 0. The van der Waals surface area contributed by atoms with E-state index >= 15 is 0 Å². The molecule has 1 N–H and O–H groups in total. The molecule has 0 aliphatic carbocycles. The standard InChI is InChI=1S/C16H15ClN4O/c1-9-4-5-12(8-13(9)17)18-16(22)14-7-11(3)21-15(19-14)6-10(2)20-21/h4-8H,1-3H3,(H,18,22). The Morgan fingerprint density at radius 1 is 1.18 bits per heavy atom. The number of aromatic nitrogens is 3. The van der Waals surface area contributed by atoms with E-state index in [-0.39, 0.29) is 5.91 Å². The maximum atomic E-state index is 12.4. The minimum Gasteiger partial charge on any atom is -0.321 e. The number of halogens is 1. The Bertz CT molecular complexity index is 885. The van der Waals surface area contributed by atoms with Crippen molar-refractivity contribution in [2.45, 2.75) is 20.8 Å². The number of hydrogen-bond donors (Lipinski definition) is 1. The Hall–Kier alpha value is -2.40. The van der Waals surface area contributed by atoms with Crippen molar-refractivity contribution in [3.8, 4) is 0 Å². The van der Waals surface area contributed by atoms with Crippen LogP contribution in [0.5, 0.6) is 0 Å². The van der Waals surface area contributed by atoms with Crippen LogP contribution >= 0.6 is 11.6 Å². The second-order valence-electron chi connectivity index (χ2n) is 5.26. The van der Waals surface area contributed by atoms with Gasteiger partial charge >= 0.3 is 0 Å². The molecule has 0 aliphatic rings. The predicted octanol–water partition coefficient (Wildman–Crippen LogP) is 3.56. The highest BCUT2D eigenvalue weighted by molar-refractivity contribution is 6.31. The van der Waals surface area contributed by atoms with Gasteiger partial charge in [-0.2, -0.15) is 5.10 Å². The Labute approximate surface area is 132 Å². The molecule has 1 amide bonds. The van der Waals surface area contributed by atoms with E-state index in [1.807, 2.05) is 39.0 Å². The van der Waals surface area contributed by atoms with Gasteiger partial charge in [-0.15, -0.1) is 0 Å². The van der Waals surface area contributed by atoms with Gasteiger partial charge in [-0.1, -0.05) is 17.7 Å². The highest BCUT2D eigenvalue weighted by Gasteiger charge is 2.12. The summed E-state index contributed by atoms with van der Waals surface area (Å²) < 4.78 is 1.72. The van der Waals surface area contributed by atoms with Gasteiger partial charge < -0.3 is 5.32 Å². The van der Waals surface area contributed by atoms with Gasteiger partial charge in [0.25, 0.3) is 5.91 Å². The van der Waals surface area contributed by atoms with Gasteiger partial charge in [0, 0.05) is 22.5 Å². The molecule has 2 aromatic heterocycles. The number of amides is 1. The van der Waals surface area contributed by atoms with Crippen LogP contribution in [0, 0.1) is 20.8 Å². The van der Waals surface area contributed by atoms with Crippen LogP contribution in [0.2, 0.25) is 5.02 Å². The monoisotopic (exact) mass is 314 g/mol. The summed E-state index contributed by atoms with van der Waals surface area (Å²) in [5.41, 5.74) is 4.32. The smallest absolute Gasteiger partial charge is 0.274 e. The SMILES string of the molecule is Cc1cc2nc(C(=O)Nc3ccc(C)c(Cl)c3)cc(C)n2n1. The zero-order valence-electron chi connectivity index (χ0n) is 12.5. The van der Waals surface area contributed by atoms with E-state index in [1.54, 1.807) is 16.6 Å². The van der Waals surface area contributed by atoms with Crippen molar-refractivity contribution in [3.63, 3.8) is 0 Å². The summed E-state index contributed by atoms with van der Waals surface area (Å²) in [6.45, 7) is 5.69. The number of fused-ring (bicyclic) bond motifs is 1. The van der Waals surface area contributed by atoms with Crippen LogP contribution in [0.25, 0.3) is 5.65 Å². The highest BCUT2D eigenvalue weighted by Crippen LogP contribution is 2.20. The van der Waals surface area contributed by atoms with Gasteiger partial charge in [-0.3, -0.25) is 4.79 Å². The van der Waals surface area contributed by atoms with E-state index in [1.165, 1.54) is 0 Å². The van der Waals surface area contributed by atoms with Crippen molar-refractivity contribution in [1.82, 2.24) is 14.6 Å². The normalized spacial score (nSPS) is 10.9. The van der Waals surface area contributed by atoms with Gasteiger partial charge in [0.2, 0.25) is 0 Å². The molecule has 6 heteroatoms. The first-order chi connectivity index (χ1) is 10.4. The van der Waals surface area contributed by atoms with Gasteiger partial charge in [0.15, 0.2) is 5.65 Å². The molecule has 0 saturated carbocycles. The molecule has 0 saturated heterocycles. The number of nitrogens with zero attached hydrogens (tertiary/aromatic N) is 3. The quantitative estimate of drug-likeness (QED) is 0.786. The summed E-state index contributed by atoms with van der Waals surface area (Å²) >= 11 is 6.07. The Balaban J connectivity index is 1.93. The van der Waals surface area contributed by atoms with Crippen molar-refractivity contribution in [2.75, 3.05) is 5.32 Å². The van der Waals surface area contributed by atoms with Gasteiger partial charge in [-0.05, 0) is 44.5 Å². The van der Waals surface area contributed by atoms with E-state index in [0.717, 1.165) is 17.0 Å². The number of carbonyl (C=O) groups excluding carboxylic acids is 1. The fourth-order valence-corrected chi connectivity index (χ4v) is 2.40. The Morgan fingerprint density at radius 2 is 1.95 bits per heavy atom. The molecule has 112 valence electrons. The van der Waals surface area contributed by atoms with Crippen molar-refractivity contribution in [2.24, 2.45) is 0 Å². The lowest BCUT2D eigenvalue weighted by atomic mass is 10.2. The largest absolute Gasteiger partial charge is 0.321 e. The van der Waals surface area contributed by atoms with Crippen LogP contribution in [-0.2, 0) is 0 Å². The third kappa shape index (κ3) is 2.67. The van der Waals surface area contributed by atoms with Crippen molar-refractivity contribution >= 4 is 28.8 Å². The number of aryl methyl sites for hydroxylation is 3. The van der Waals surface area contributed by atoms with Crippen molar-refractivity contribution in [3.05, 3.63) is 58.0 Å². The van der Waals surface area contributed by atoms with Crippen molar-refractivity contribution in [1.29, 1.82) is 0 Å². The second kappa shape index (κ2) is 5.42. The zero-order chi connectivity index (χ0) is 15.9. The number of anilines is 1. The first-order valence-corrected chi connectivity index (χ1v) is 7.23. The third-order valence-corrected chi connectivity index (χ3v) is 3.80. The van der Waals surface area contributed by atoms with Crippen LogP contribution in [0.1, 0.15) is 27.4 Å². The minimum atomic E-state index is -0.274. The molecular formula is C16H15ClN4O. The number of nitrogens with one attached hydrogen (secondary N) is 1. The van der Waals surface area contributed by atoms with Crippen LogP contribution in [0.15, 0.2) is 30.3 Å². The molecule has 3 rings (SSSR count). The number of hydrogen-bond acceptors (Lipinski definition) is 3. The van der Waals surface area contributed by atoms with Crippen molar-refractivity contribution < 1.29 is 4.79 Å². The van der Waals surface area contributed by atoms with Gasteiger partial charge in [0.1, 0.15) is 5.69 Å². The van der Waals surface area contributed by atoms with E-state index in [0.29, 0.717) is 22.1 Å². The molecule has 1 aromatic carbocycles. The lowest BCUT2D eigenvalue weighted by molar-refractivity contribution is 0.102. The maximum Gasteiger partial charge on any atom is 0.274 e. The third-order valence-electron chi connectivity index (χ3n) is 3.39. The molecule has 0 spiro atoms. The summed E-state index contributed by atoms with van der Waals surface area (Å²) in [5, 5.41) is 7.75. The summed E-state index contributed by atoms with van der Waals surface area (Å²) in [4.78, 5) is 16.7. The van der Waals surface area contributed by atoms with E-state index < -0.39 is 0 Å². The molecule has 3 aromatic rings. The fraction of sp³-hybridized carbons (Fsp3) is 0.188. The fourth-order valence-electron chi connectivity index (χ4n) is 2.22. The minimum absolute atomic E-state index is 0.274. The molecule has 2 heterocycles. The maximum absolute atomic E-state index is 12.4. The second-order valence-corrected chi connectivity index (χ2v) is 5.66. The van der Waals surface area contributed by atoms with Crippen LogP contribution in [-0.4, -0.2) is 20.5 Å². The Kier molecular flexibility index (Phi) is 3.58. The average molecular weight is 315 g/mol. The van der Waals surface area contributed by atoms with Gasteiger partial charge in [0.05, 0.1) is 5.69 Å². The first kappa shape index (κ1) is 14.5. The lowest BCUT2D eigenvalue weighted by Crippen LogP contribution is -2.15. The van der Waals surface area contributed by atoms with Crippen LogP contribution in [0.4, 0.5) is 5.69 Å². The highest BCUT2D eigenvalue weighted by atomic mass is 35.5. The summed E-state index contributed by atoms with van der Waals surface area (Å²) in [6, 6.07) is 8.95. The average Bonchev–Trinajstić information content (AvgIpc) is 2.84. The number of carbonyl (C=O) groups is 1. The Morgan fingerprint density at radius 3 is 2.68 bits per heavy atom. The topological polar surface area (TPSA) is 59.3 Å². The number of rotatable bonds is 2. The summed E-state index contributed by atoms with van der Waals surface area (Å²) in [5.74, 6) is -0.274. The molecular weight excluding hydrogens is 300 g/mol. The molecule has 0 bridgehead atoms. The predicted molar refractivity (Wildman–Crippen MR) is 86.6 cm³/mol. The molecule has 5 nitrogen and oxygen atoms in total. The van der Waals surface area contributed by atoms with E-state index in [9.17, 15) is 4.79 Å². The van der Waals surface area contributed by atoms with Crippen LogP contribution < -0.4 is 5.32 Å². The van der Waals surface area contributed by atoms with E-state index in [4.69, 9.17) is 11.6 Å². The molecule has 22 heavy (non-hydrogen) atoms. The molecule has 0 aliphatic heterocycles. The molecule has 0 unspecified atom stereocenters.